The molecule has 0 radical (unpaired) electrons. The van der Waals surface area contributed by atoms with Crippen molar-refractivity contribution in [3.05, 3.63) is 54.1 Å². The molecule has 0 saturated heterocycles. The fourth-order valence-corrected chi connectivity index (χ4v) is 5.37. The van der Waals surface area contributed by atoms with Crippen LogP contribution < -0.4 is 4.74 Å². The number of hydrogen-bond donors (Lipinski definition) is 0. The first kappa shape index (κ1) is 34.9. The Morgan fingerprint density at radius 1 is 0.561 bits per heavy atom. The highest BCUT2D eigenvalue weighted by molar-refractivity contribution is 5.70. The number of benzene rings is 2. The normalized spacial score (nSPS) is 11.9. The number of unbranched alkanes of at least 4 members (excludes halogenated alkanes) is 17. The summed E-state index contributed by atoms with van der Waals surface area (Å²) in [4.78, 5) is 12.3. The summed E-state index contributed by atoms with van der Waals surface area (Å²) in [6, 6.07) is 16.7. The van der Waals surface area contributed by atoms with Crippen molar-refractivity contribution >= 4 is 5.97 Å². The maximum atomic E-state index is 12.3. The first-order chi connectivity index (χ1) is 20.1. The number of ether oxygens (including phenoxy) is 2. The average molecular weight is 565 g/mol. The molecule has 41 heavy (non-hydrogen) atoms. The summed E-state index contributed by atoms with van der Waals surface area (Å²) >= 11 is 0. The SMILES string of the molecule is CCCCCCCCCCCCCCOc1ccc(-c2ccc(C(C)OC(=O)CCCCCCCCC)cc2)cc1. The Balaban J connectivity index is 1.57. The van der Waals surface area contributed by atoms with Gasteiger partial charge in [-0.1, -0.05) is 159 Å². The molecule has 0 aliphatic rings. The molecule has 0 fully saturated rings. The van der Waals surface area contributed by atoms with E-state index in [2.05, 4.69) is 62.4 Å². The van der Waals surface area contributed by atoms with Gasteiger partial charge >= 0.3 is 5.97 Å². The number of hydrogen-bond acceptors (Lipinski definition) is 3. The van der Waals surface area contributed by atoms with E-state index in [1.807, 2.05) is 6.92 Å². The van der Waals surface area contributed by atoms with Gasteiger partial charge in [0.25, 0.3) is 0 Å². The quantitative estimate of drug-likeness (QED) is 0.0888. The molecule has 1 unspecified atom stereocenters. The van der Waals surface area contributed by atoms with Gasteiger partial charge < -0.3 is 9.47 Å². The highest BCUT2D eigenvalue weighted by atomic mass is 16.5. The minimum absolute atomic E-state index is 0.0887. The number of carbonyl (C=O) groups is 1. The second-order valence-electron chi connectivity index (χ2n) is 11.9. The average Bonchev–Trinajstić information content (AvgIpc) is 2.99. The minimum atomic E-state index is -0.225. The van der Waals surface area contributed by atoms with Crippen molar-refractivity contribution < 1.29 is 14.3 Å². The van der Waals surface area contributed by atoms with Crippen molar-refractivity contribution in [2.24, 2.45) is 0 Å². The van der Waals surface area contributed by atoms with E-state index >= 15 is 0 Å². The fraction of sp³-hybridized carbons (Fsp3) is 0.658. The predicted molar refractivity (Wildman–Crippen MR) is 176 cm³/mol. The van der Waals surface area contributed by atoms with Crippen LogP contribution in [0.2, 0.25) is 0 Å². The Bertz CT molecular complexity index is 887. The van der Waals surface area contributed by atoms with Crippen LogP contribution in [0.15, 0.2) is 48.5 Å². The van der Waals surface area contributed by atoms with Crippen LogP contribution in [-0.2, 0) is 9.53 Å². The molecule has 1 atom stereocenters. The van der Waals surface area contributed by atoms with Gasteiger partial charge in [0.2, 0.25) is 0 Å². The van der Waals surface area contributed by atoms with Crippen molar-refractivity contribution in [3.63, 3.8) is 0 Å². The molecule has 0 spiro atoms. The van der Waals surface area contributed by atoms with Crippen molar-refractivity contribution in [1.82, 2.24) is 0 Å². The molecular weight excluding hydrogens is 504 g/mol. The third-order valence-electron chi connectivity index (χ3n) is 8.13. The molecule has 2 rings (SSSR count). The van der Waals surface area contributed by atoms with Crippen LogP contribution in [0.5, 0.6) is 5.75 Å². The van der Waals surface area contributed by atoms with Crippen molar-refractivity contribution in [2.75, 3.05) is 6.61 Å². The Morgan fingerprint density at radius 3 is 1.46 bits per heavy atom. The van der Waals surface area contributed by atoms with E-state index in [-0.39, 0.29) is 12.1 Å². The standard InChI is InChI=1S/C38H60O3/c1-4-6-8-10-12-13-14-15-16-18-20-22-32-40-37-30-28-36(29-31-37)35-26-24-34(25-27-35)33(3)41-38(39)23-21-19-17-11-9-7-5-2/h24-31,33H,4-23,32H2,1-3H3. The summed E-state index contributed by atoms with van der Waals surface area (Å²) < 4.78 is 11.7. The topological polar surface area (TPSA) is 35.5 Å². The monoisotopic (exact) mass is 564 g/mol. The highest BCUT2D eigenvalue weighted by Crippen LogP contribution is 2.26. The van der Waals surface area contributed by atoms with Gasteiger partial charge in [-0.15, -0.1) is 0 Å². The molecule has 0 heterocycles. The summed E-state index contributed by atoms with van der Waals surface area (Å²) in [7, 11) is 0. The molecular formula is C38H60O3. The van der Waals surface area contributed by atoms with Crippen LogP contribution in [0.3, 0.4) is 0 Å². The third kappa shape index (κ3) is 16.7. The molecule has 230 valence electrons. The molecule has 2 aromatic rings. The van der Waals surface area contributed by atoms with E-state index in [9.17, 15) is 4.79 Å². The summed E-state index contributed by atoms with van der Waals surface area (Å²) in [6.07, 6.45) is 25.0. The summed E-state index contributed by atoms with van der Waals surface area (Å²) in [5.41, 5.74) is 3.35. The molecule has 0 aliphatic heterocycles. The van der Waals surface area contributed by atoms with Crippen LogP contribution in [-0.4, -0.2) is 12.6 Å². The zero-order valence-corrected chi connectivity index (χ0v) is 26.8. The maximum absolute atomic E-state index is 12.3. The van der Waals surface area contributed by atoms with E-state index in [0.29, 0.717) is 6.42 Å². The van der Waals surface area contributed by atoms with Gasteiger partial charge in [-0.05, 0) is 48.6 Å². The first-order valence-electron chi connectivity index (χ1n) is 17.2. The van der Waals surface area contributed by atoms with Gasteiger partial charge in [-0.3, -0.25) is 4.79 Å². The molecule has 0 aliphatic carbocycles. The Labute approximate surface area is 252 Å². The van der Waals surface area contributed by atoms with Crippen LogP contribution in [0.4, 0.5) is 0 Å². The molecule has 0 amide bonds. The molecule has 0 N–H and O–H groups in total. The van der Waals surface area contributed by atoms with E-state index < -0.39 is 0 Å². The summed E-state index contributed by atoms with van der Waals surface area (Å²) in [6.45, 7) is 7.27. The van der Waals surface area contributed by atoms with Gasteiger partial charge in [-0.2, -0.15) is 0 Å². The zero-order chi connectivity index (χ0) is 29.4. The highest BCUT2D eigenvalue weighted by Gasteiger charge is 2.12. The van der Waals surface area contributed by atoms with Crippen molar-refractivity contribution in [3.8, 4) is 16.9 Å². The zero-order valence-electron chi connectivity index (χ0n) is 26.8. The lowest BCUT2D eigenvalue weighted by molar-refractivity contribution is -0.148. The van der Waals surface area contributed by atoms with Gasteiger partial charge in [0.1, 0.15) is 11.9 Å². The fourth-order valence-electron chi connectivity index (χ4n) is 5.37. The van der Waals surface area contributed by atoms with Gasteiger partial charge in [0.15, 0.2) is 0 Å². The molecule has 3 heteroatoms. The number of esters is 1. The van der Waals surface area contributed by atoms with Crippen molar-refractivity contribution in [2.45, 2.75) is 155 Å². The van der Waals surface area contributed by atoms with E-state index in [0.717, 1.165) is 48.3 Å². The van der Waals surface area contributed by atoms with Crippen LogP contribution in [0.25, 0.3) is 11.1 Å². The molecule has 0 saturated carbocycles. The lowest BCUT2D eigenvalue weighted by atomic mass is 10.0. The Hall–Kier alpha value is -2.29. The Morgan fingerprint density at radius 2 is 0.976 bits per heavy atom. The maximum Gasteiger partial charge on any atom is 0.306 e. The molecule has 3 nitrogen and oxygen atoms in total. The summed E-state index contributed by atoms with van der Waals surface area (Å²) in [5.74, 6) is 0.851. The minimum Gasteiger partial charge on any atom is -0.494 e. The number of rotatable bonds is 25. The molecule has 2 aromatic carbocycles. The van der Waals surface area contributed by atoms with E-state index in [1.165, 1.54) is 103 Å². The second-order valence-corrected chi connectivity index (χ2v) is 11.9. The van der Waals surface area contributed by atoms with Crippen molar-refractivity contribution in [1.29, 1.82) is 0 Å². The van der Waals surface area contributed by atoms with Crippen LogP contribution in [0, 0.1) is 0 Å². The molecule has 0 aromatic heterocycles. The van der Waals surface area contributed by atoms with Gasteiger partial charge in [0, 0.05) is 6.42 Å². The lowest BCUT2D eigenvalue weighted by Crippen LogP contribution is -2.08. The van der Waals surface area contributed by atoms with Crippen LogP contribution >= 0.6 is 0 Å². The largest absolute Gasteiger partial charge is 0.494 e. The third-order valence-corrected chi connectivity index (χ3v) is 8.13. The van der Waals surface area contributed by atoms with Crippen LogP contribution in [0.1, 0.15) is 161 Å². The predicted octanol–water partition coefficient (Wildman–Crippen LogP) is 12.2. The molecule has 0 bridgehead atoms. The summed E-state index contributed by atoms with van der Waals surface area (Å²) in [5, 5.41) is 0. The lowest BCUT2D eigenvalue weighted by Gasteiger charge is -2.14. The smallest absolute Gasteiger partial charge is 0.306 e. The number of carbonyl (C=O) groups excluding carboxylic acids is 1. The van der Waals surface area contributed by atoms with Gasteiger partial charge in [0.05, 0.1) is 6.61 Å². The first-order valence-corrected chi connectivity index (χ1v) is 17.2. The van der Waals surface area contributed by atoms with Gasteiger partial charge in [-0.25, -0.2) is 0 Å². The van der Waals surface area contributed by atoms with E-state index in [1.54, 1.807) is 0 Å². The Kier molecular flexibility index (Phi) is 19.8. The second kappa shape index (κ2) is 23.3. The van der Waals surface area contributed by atoms with E-state index in [4.69, 9.17) is 9.47 Å².